The molecule has 0 heterocycles. The number of hydrogen-bond acceptors (Lipinski definition) is 2. The van der Waals surface area contributed by atoms with Crippen LogP contribution < -0.4 is 0 Å². The molecule has 2 aromatic carbocycles. The van der Waals surface area contributed by atoms with Crippen molar-refractivity contribution in [2.45, 2.75) is 18.9 Å². The van der Waals surface area contributed by atoms with Crippen LogP contribution in [0.2, 0.25) is 0 Å². The number of halogens is 4. The van der Waals surface area contributed by atoms with Crippen molar-refractivity contribution in [3.63, 3.8) is 0 Å². The maximum absolute atomic E-state index is 13.1. The van der Waals surface area contributed by atoms with Crippen molar-refractivity contribution < 1.29 is 22.3 Å². The Kier molecular flexibility index (Phi) is 5.96. The zero-order valence-corrected chi connectivity index (χ0v) is 13.5. The molecule has 0 saturated carbocycles. The molecule has 2 rings (SSSR count). The molecule has 0 aliphatic carbocycles. The minimum absolute atomic E-state index is 0.175. The third kappa shape index (κ3) is 5.32. The van der Waals surface area contributed by atoms with Crippen molar-refractivity contribution in [3.8, 4) is 0 Å². The van der Waals surface area contributed by atoms with Crippen molar-refractivity contribution in [2.75, 3.05) is 20.6 Å². The highest BCUT2D eigenvalue weighted by Gasteiger charge is 2.29. The Hall–Kier alpha value is -1.92. The van der Waals surface area contributed by atoms with Crippen LogP contribution in [0.1, 0.15) is 22.8 Å². The maximum atomic E-state index is 13.1. The Labute approximate surface area is 138 Å². The minimum atomic E-state index is -4.35. The van der Waals surface area contributed by atoms with Gasteiger partial charge in [0.15, 0.2) is 0 Å². The summed E-state index contributed by atoms with van der Waals surface area (Å²) in [6.07, 6.45) is -4.65. The highest BCUT2D eigenvalue weighted by Crippen LogP contribution is 2.29. The summed E-state index contributed by atoms with van der Waals surface area (Å²) in [4.78, 5) is 1.93. The number of rotatable bonds is 6. The smallest absolute Gasteiger partial charge is 0.368 e. The van der Waals surface area contributed by atoms with E-state index in [1.807, 2.05) is 19.0 Å². The fourth-order valence-corrected chi connectivity index (χ4v) is 2.25. The number of alkyl halides is 3. The van der Waals surface area contributed by atoms with Gasteiger partial charge in [-0.05, 0) is 49.5 Å². The summed E-state index contributed by atoms with van der Waals surface area (Å²) in [6, 6.07) is 10.9. The average Bonchev–Trinajstić information content (AvgIpc) is 2.51. The second kappa shape index (κ2) is 7.77. The summed E-state index contributed by atoms with van der Waals surface area (Å²) in [7, 11) is 3.77. The molecule has 0 aromatic heterocycles. The standard InChI is InChI=1S/C18H19F4NO/c1-23(2)11-17(14-5-9-16(19)10-6-14)24-12-13-3-7-15(8-4-13)18(20,21)22/h3-10,17H,11-12H2,1-2H3. The Morgan fingerprint density at radius 1 is 0.958 bits per heavy atom. The molecular weight excluding hydrogens is 322 g/mol. The highest BCUT2D eigenvalue weighted by atomic mass is 19.4. The molecule has 6 heteroatoms. The van der Waals surface area contributed by atoms with Crippen LogP contribution in [0.15, 0.2) is 48.5 Å². The molecule has 0 N–H and O–H groups in total. The van der Waals surface area contributed by atoms with E-state index in [-0.39, 0.29) is 18.5 Å². The quantitative estimate of drug-likeness (QED) is 0.708. The molecule has 130 valence electrons. The van der Waals surface area contributed by atoms with Gasteiger partial charge in [0.1, 0.15) is 5.82 Å². The summed E-state index contributed by atoms with van der Waals surface area (Å²) >= 11 is 0. The van der Waals surface area contributed by atoms with Gasteiger partial charge in [0.2, 0.25) is 0 Å². The van der Waals surface area contributed by atoms with E-state index in [0.717, 1.165) is 17.7 Å². The monoisotopic (exact) mass is 341 g/mol. The Balaban J connectivity index is 2.06. The molecular formula is C18H19F4NO. The predicted octanol–water partition coefficient (Wildman–Crippen LogP) is 4.66. The molecule has 0 bridgehead atoms. The SMILES string of the molecule is CN(C)CC(OCc1ccc(C(F)(F)F)cc1)c1ccc(F)cc1. The van der Waals surface area contributed by atoms with E-state index in [9.17, 15) is 17.6 Å². The van der Waals surface area contributed by atoms with Gasteiger partial charge in [-0.3, -0.25) is 0 Å². The molecule has 0 spiro atoms. The van der Waals surface area contributed by atoms with Crippen LogP contribution in [0, 0.1) is 5.82 Å². The van der Waals surface area contributed by atoms with Crippen LogP contribution in [-0.4, -0.2) is 25.5 Å². The average molecular weight is 341 g/mol. The largest absolute Gasteiger partial charge is 0.416 e. The van der Waals surface area contributed by atoms with Gasteiger partial charge < -0.3 is 9.64 Å². The second-order valence-corrected chi connectivity index (χ2v) is 5.81. The lowest BCUT2D eigenvalue weighted by molar-refractivity contribution is -0.137. The van der Waals surface area contributed by atoms with E-state index in [4.69, 9.17) is 4.74 Å². The van der Waals surface area contributed by atoms with Crippen molar-refractivity contribution in [1.82, 2.24) is 4.90 Å². The summed E-state index contributed by atoms with van der Waals surface area (Å²) < 4.78 is 56.6. The third-order valence-electron chi connectivity index (χ3n) is 3.51. The minimum Gasteiger partial charge on any atom is -0.368 e. The van der Waals surface area contributed by atoms with Crippen LogP contribution >= 0.6 is 0 Å². The van der Waals surface area contributed by atoms with Crippen molar-refractivity contribution in [3.05, 3.63) is 71.0 Å². The lowest BCUT2D eigenvalue weighted by Gasteiger charge is -2.22. The van der Waals surface area contributed by atoms with Crippen molar-refractivity contribution >= 4 is 0 Å². The molecule has 0 aliphatic rings. The molecule has 0 fully saturated rings. The topological polar surface area (TPSA) is 12.5 Å². The van der Waals surface area contributed by atoms with E-state index in [1.165, 1.54) is 24.3 Å². The molecule has 2 nitrogen and oxygen atoms in total. The van der Waals surface area contributed by atoms with E-state index in [0.29, 0.717) is 12.1 Å². The van der Waals surface area contributed by atoms with Crippen LogP contribution in [-0.2, 0) is 17.5 Å². The molecule has 0 aliphatic heterocycles. The molecule has 0 radical (unpaired) electrons. The van der Waals surface area contributed by atoms with Crippen molar-refractivity contribution in [1.29, 1.82) is 0 Å². The van der Waals surface area contributed by atoms with Crippen LogP contribution in [0.4, 0.5) is 17.6 Å². The van der Waals surface area contributed by atoms with Gasteiger partial charge in [0.05, 0.1) is 18.3 Å². The van der Waals surface area contributed by atoms with E-state index in [1.54, 1.807) is 12.1 Å². The zero-order valence-electron chi connectivity index (χ0n) is 13.5. The van der Waals surface area contributed by atoms with Gasteiger partial charge in [-0.25, -0.2) is 4.39 Å². The highest BCUT2D eigenvalue weighted by molar-refractivity contribution is 5.24. The Bertz CT molecular complexity index is 636. The van der Waals surface area contributed by atoms with Crippen LogP contribution in [0.5, 0.6) is 0 Å². The zero-order chi connectivity index (χ0) is 17.7. The van der Waals surface area contributed by atoms with Gasteiger partial charge in [0.25, 0.3) is 0 Å². The fourth-order valence-electron chi connectivity index (χ4n) is 2.25. The van der Waals surface area contributed by atoms with Gasteiger partial charge >= 0.3 is 6.18 Å². The first kappa shape index (κ1) is 18.4. The van der Waals surface area contributed by atoms with Crippen molar-refractivity contribution in [2.24, 2.45) is 0 Å². The maximum Gasteiger partial charge on any atom is 0.416 e. The third-order valence-corrected chi connectivity index (χ3v) is 3.51. The molecule has 0 amide bonds. The molecule has 1 unspecified atom stereocenters. The van der Waals surface area contributed by atoms with Gasteiger partial charge in [0, 0.05) is 6.54 Å². The number of likely N-dealkylation sites (N-methyl/N-ethyl adjacent to an activating group) is 1. The van der Waals surface area contributed by atoms with Gasteiger partial charge in [-0.15, -0.1) is 0 Å². The molecule has 0 saturated heterocycles. The molecule has 1 atom stereocenters. The Morgan fingerprint density at radius 2 is 1.54 bits per heavy atom. The predicted molar refractivity (Wildman–Crippen MR) is 83.9 cm³/mol. The lowest BCUT2D eigenvalue weighted by Crippen LogP contribution is -2.22. The normalized spacial score (nSPS) is 13.3. The molecule has 24 heavy (non-hydrogen) atoms. The number of hydrogen-bond donors (Lipinski definition) is 0. The van der Waals surface area contributed by atoms with E-state index in [2.05, 4.69) is 0 Å². The first-order chi connectivity index (χ1) is 11.3. The van der Waals surface area contributed by atoms with Gasteiger partial charge in [-0.1, -0.05) is 24.3 Å². The lowest BCUT2D eigenvalue weighted by atomic mass is 10.1. The van der Waals surface area contributed by atoms with E-state index >= 15 is 0 Å². The number of nitrogens with zero attached hydrogens (tertiary/aromatic N) is 1. The summed E-state index contributed by atoms with van der Waals surface area (Å²) in [6.45, 7) is 0.750. The number of ether oxygens (including phenoxy) is 1. The van der Waals surface area contributed by atoms with Crippen LogP contribution in [0.25, 0.3) is 0 Å². The first-order valence-electron chi connectivity index (χ1n) is 7.43. The Morgan fingerprint density at radius 3 is 2.04 bits per heavy atom. The van der Waals surface area contributed by atoms with Gasteiger partial charge in [-0.2, -0.15) is 13.2 Å². The fraction of sp³-hybridized carbons (Fsp3) is 0.333. The first-order valence-corrected chi connectivity index (χ1v) is 7.43. The van der Waals surface area contributed by atoms with E-state index < -0.39 is 11.7 Å². The second-order valence-electron chi connectivity index (χ2n) is 5.81. The molecule has 2 aromatic rings. The number of benzene rings is 2. The summed E-state index contributed by atoms with van der Waals surface area (Å²) in [5.74, 6) is -0.329. The summed E-state index contributed by atoms with van der Waals surface area (Å²) in [5, 5.41) is 0. The summed E-state index contributed by atoms with van der Waals surface area (Å²) in [5.41, 5.74) is 0.778. The van der Waals surface area contributed by atoms with Crippen LogP contribution in [0.3, 0.4) is 0 Å².